The van der Waals surface area contributed by atoms with Gasteiger partial charge in [0, 0.05) is 24.9 Å². The zero-order chi connectivity index (χ0) is 22.5. The topological polar surface area (TPSA) is 86.1 Å². The molecule has 0 radical (unpaired) electrons. The summed E-state index contributed by atoms with van der Waals surface area (Å²) in [6, 6.07) is 13.8. The van der Waals surface area contributed by atoms with Gasteiger partial charge in [-0.2, -0.15) is 5.26 Å². The lowest BCUT2D eigenvalue weighted by Crippen LogP contribution is -2.24. The van der Waals surface area contributed by atoms with Gasteiger partial charge in [0.1, 0.15) is 17.7 Å². The van der Waals surface area contributed by atoms with Crippen molar-refractivity contribution >= 4 is 52.2 Å². The van der Waals surface area contributed by atoms with Gasteiger partial charge in [-0.3, -0.25) is 14.5 Å². The van der Waals surface area contributed by atoms with Gasteiger partial charge in [0.25, 0.3) is 0 Å². The second kappa shape index (κ2) is 9.56. The number of anilines is 3. The zero-order valence-electron chi connectivity index (χ0n) is 16.2. The van der Waals surface area contributed by atoms with Crippen LogP contribution in [0, 0.1) is 17.1 Å². The Morgan fingerprint density at radius 2 is 1.97 bits per heavy atom. The number of hydrogen-bond acceptors (Lipinski definition) is 4. The van der Waals surface area contributed by atoms with E-state index in [0.29, 0.717) is 16.9 Å². The average Bonchev–Trinajstić information content (AvgIpc) is 2.73. The maximum Gasteiger partial charge on any atom is 0.229 e. The summed E-state index contributed by atoms with van der Waals surface area (Å²) in [6.45, 7) is 1.35. The summed E-state index contributed by atoms with van der Waals surface area (Å²) in [5.74, 6) is -1.14. The summed E-state index contributed by atoms with van der Waals surface area (Å²) < 4.78 is 13.6. The molecule has 0 fully saturated rings. The highest BCUT2D eigenvalue weighted by Crippen LogP contribution is 2.29. The quantitative estimate of drug-likeness (QED) is 0.566. The first-order chi connectivity index (χ1) is 14.8. The van der Waals surface area contributed by atoms with Crippen molar-refractivity contribution in [2.75, 3.05) is 10.2 Å². The van der Waals surface area contributed by atoms with Crippen molar-refractivity contribution in [3.05, 3.63) is 81.7 Å². The van der Waals surface area contributed by atoms with Crippen LogP contribution in [-0.4, -0.2) is 16.8 Å². The molecule has 0 aliphatic rings. The van der Waals surface area contributed by atoms with Gasteiger partial charge in [-0.15, -0.1) is 0 Å². The molecule has 156 valence electrons. The van der Waals surface area contributed by atoms with E-state index in [-0.39, 0.29) is 33.8 Å². The normalized spacial score (nSPS) is 10.3. The van der Waals surface area contributed by atoms with Crippen molar-refractivity contribution in [3.8, 4) is 6.07 Å². The molecule has 0 spiro atoms. The number of hydrogen-bond donors (Lipinski definition) is 1. The lowest BCUT2D eigenvalue weighted by molar-refractivity contribution is -0.116. The molecule has 2 aromatic carbocycles. The van der Waals surface area contributed by atoms with Gasteiger partial charge in [0.05, 0.1) is 27.7 Å². The highest BCUT2D eigenvalue weighted by atomic mass is 35.5. The fourth-order valence-electron chi connectivity index (χ4n) is 2.89. The first kappa shape index (κ1) is 22.2. The minimum Gasteiger partial charge on any atom is -0.326 e. The van der Waals surface area contributed by atoms with Crippen LogP contribution in [0.5, 0.6) is 0 Å². The third-order valence-electron chi connectivity index (χ3n) is 4.28. The van der Waals surface area contributed by atoms with E-state index in [1.807, 2.05) is 6.07 Å². The SMILES string of the molecule is CC(=O)N(c1ccc(Cl)c(C#N)c1)c1cc(NC(=O)Cc2cccc(F)c2Cl)ccn1. The molecule has 0 saturated carbocycles. The molecule has 0 aliphatic carbocycles. The minimum absolute atomic E-state index is 0.105. The molecule has 1 N–H and O–H groups in total. The number of pyridine rings is 1. The molecule has 0 atom stereocenters. The Balaban J connectivity index is 1.85. The average molecular weight is 457 g/mol. The number of nitriles is 1. The summed E-state index contributed by atoms with van der Waals surface area (Å²) in [5, 5.41) is 12.0. The Hall–Kier alpha value is -3.47. The Morgan fingerprint density at radius 3 is 2.68 bits per heavy atom. The number of nitrogens with zero attached hydrogens (tertiary/aromatic N) is 3. The van der Waals surface area contributed by atoms with Crippen LogP contribution in [0.4, 0.5) is 21.6 Å². The predicted octanol–water partition coefficient (Wildman–Crippen LogP) is 5.26. The van der Waals surface area contributed by atoms with Crippen molar-refractivity contribution < 1.29 is 14.0 Å². The third-order valence-corrected chi connectivity index (χ3v) is 5.04. The Bertz CT molecular complexity index is 1210. The highest BCUT2D eigenvalue weighted by molar-refractivity contribution is 6.32. The van der Waals surface area contributed by atoms with Crippen molar-refractivity contribution in [2.24, 2.45) is 0 Å². The van der Waals surface area contributed by atoms with E-state index in [1.165, 1.54) is 48.4 Å². The molecule has 31 heavy (non-hydrogen) atoms. The Morgan fingerprint density at radius 1 is 1.19 bits per heavy atom. The molecule has 3 aromatic rings. The summed E-state index contributed by atoms with van der Waals surface area (Å²) in [5.41, 5.74) is 1.34. The molecular formula is C22H15Cl2FN4O2. The van der Waals surface area contributed by atoms with Gasteiger partial charge >= 0.3 is 0 Å². The minimum atomic E-state index is -0.602. The van der Waals surface area contributed by atoms with Gasteiger partial charge in [0.2, 0.25) is 11.8 Å². The Kier molecular flexibility index (Phi) is 6.85. The molecule has 6 nitrogen and oxygen atoms in total. The molecule has 0 bridgehead atoms. The van der Waals surface area contributed by atoms with Crippen LogP contribution in [0.3, 0.4) is 0 Å². The number of carbonyl (C=O) groups excluding carboxylic acids is 2. The predicted molar refractivity (Wildman–Crippen MR) is 117 cm³/mol. The molecule has 2 amide bonds. The second-order valence-corrected chi connectivity index (χ2v) is 7.26. The second-order valence-electron chi connectivity index (χ2n) is 6.47. The van der Waals surface area contributed by atoms with E-state index in [2.05, 4.69) is 10.3 Å². The summed E-state index contributed by atoms with van der Waals surface area (Å²) in [6.07, 6.45) is 1.30. The number of nitrogens with one attached hydrogen (secondary N) is 1. The van der Waals surface area contributed by atoms with Crippen molar-refractivity contribution in [1.29, 1.82) is 5.26 Å². The van der Waals surface area contributed by atoms with Crippen LogP contribution in [-0.2, 0) is 16.0 Å². The summed E-state index contributed by atoms with van der Waals surface area (Å²) in [7, 11) is 0. The first-order valence-electron chi connectivity index (χ1n) is 8.99. The van der Waals surface area contributed by atoms with Gasteiger partial charge in [-0.25, -0.2) is 9.37 Å². The number of halogens is 3. The zero-order valence-corrected chi connectivity index (χ0v) is 17.7. The van der Waals surface area contributed by atoms with Crippen molar-refractivity contribution in [3.63, 3.8) is 0 Å². The lowest BCUT2D eigenvalue weighted by atomic mass is 10.1. The van der Waals surface area contributed by atoms with E-state index in [1.54, 1.807) is 18.2 Å². The van der Waals surface area contributed by atoms with Crippen LogP contribution >= 0.6 is 23.2 Å². The van der Waals surface area contributed by atoms with E-state index in [4.69, 9.17) is 23.2 Å². The maximum absolute atomic E-state index is 13.6. The van der Waals surface area contributed by atoms with E-state index < -0.39 is 11.7 Å². The fourth-order valence-corrected chi connectivity index (χ4v) is 3.25. The van der Waals surface area contributed by atoms with Crippen LogP contribution in [0.25, 0.3) is 0 Å². The summed E-state index contributed by atoms with van der Waals surface area (Å²) >= 11 is 11.9. The molecule has 9 heteroatoms. The van der Waals surface area contributed by atoms with E-state index in [9.17, 15) is 19.2 Å². The molecule has 3 rings (SSSR count). The summed E-state index contributed by atoms with van der Waals surface area (Å²) in [4.78, 5) is 30.2. The molecule has 0 aliphatic heterocycles. The molecular weight excluding hydrogens is 442 g/mol. The number of rotatable bonds is 5. The number of amides is 2. The highest BCUT2D eigenvalue weighted by Gasteiger charge is 2.18. The largest absolute Gasteiger partial charge is 0.326 e. The van der Waals surface area contributed by atoms with Crippen LogP contribution in [0.15, 0.2) is 54.7 Å². The Labute approximate surface area is 187 Å². The van der Waals surface area contributed by atoms with Crippen molar-refractivity contribution in [2.45, 2.75) is 13.3 Å². The van der Waals surface area contributed by atoms with Gasteiger partial charge < -0.3 is 5.32 Å². The first-order valence-corrected chi connectivity index (χ1v) is 9.75. The number of benzene rings is 2. The van der Waals surface area contributed by atoms with Gasteiger partial charge in [-0.1, -0.05) is 35.3 Å². The monoisotopic (exact) mass is 456 g/mol. The van der Waals surface area contributed by atoms with Crippen LogP contribution < -0.4 is 10.2 Å². The van der Waals surface area contributed by atoms with Crippen molar-refractivity contribution in [1.82, 2.24) is 4.98 Å². The maximum atomic E-state index is 13.6. The van der Waals surface area contributed by atoms with Crippen LogP contribution in [0.2, 0.25) is 10.0 Å². The number of aromatic nitrogens is 1. The third kappa shape index (κ3) is 5.18. The van der Waals surface area contributed by atoms with E-state index in [0.717, 1.165) is 0 Å². The lowest BCUT2D eigenvalue weighted by Gasteiger charge is -2.21. The van der Waals surface area contributed by atoms with Crippen LogP contribution in [0.1, 0.15) is 18.1 Å². The van der Waals surface area contributed by atoms with Gasteiger partial charge in [-0.05, 0) is 35.9 Å². The number of carbonyl (C=O) groups is 2. The molecule has 0 saturated heterocycles. The molecule has 1 heterocycles. The van der Waals surface area contributed by atoms with Gasteiger partial charge in [0.15, 0.2) is 0 Å². The standard InChI is InChI=1S/C22H15Cl2FN4O2/c1-13(30)29(17-5-6-18(23)15(9-17)12-26)20-11-16(7-8-27-20)28-21(31)10-14-3-2-4-19(25)22(14)24/h2-9,11H,10H2,1H3,(H,27,28,31). The fraction of sp³-hybridized carbons (Fsp3) is 0.0909. The molecule has 0 unspecified atom stereocenters. The molecule has 1 aromatic heterocycles. The van der Waals surface area contributed by atoms with E-state index >= 15 is 0 Å². The smallest absolute Gasteiger partial charge is 0.229 e.